The fourth-order valence-electron chi connectivity index (χ4n) is 3.47. The molecular formula is C25H47N3O4. The first kappa shape index (κ1) is 30.1. The van der Waals surface area contributed by atoms with Gasteiger partial charge in [-0.15, -0.1) is 0 Å². The third kappa shape index (κ3) is 10.2. The number of esters is 1. The van der Waals surface area contributed by atoms with Gasteiger partial charge in [-0.25, -0.2) is 4.79 Å². The lowest BCUT2D eigenvalue weighted by molar-refractivity contribution is -0.140. The van der Waals surface area contributed by atoms with Crippen molar-refractivity contribution in [3.05, 3.63) is 11.6 Å². The molecule has 0 aromatic carbocycles. The molecule has 7 nitrogen and oxygen atoms in total. The van der Waals surface area contributed by atoms with Crippen molar-refractivity contribution in [2.24, 2.45) is 5.41 Å². The second-order valence-corrected chi connectivity index (χ2v) is 9.48. The molecule has 2 amide bonds. The second kappa shape index (κ2) is 15.0. The van der Waals surface area contributed by atoms with Crippen molar-refractivity contribution in [2.75, 3.05) is 33.3 Å². The van der Waals surface area contributed by atoms with Crippen LogP contribution in [0.5, 0.6) is 0 Å². The Balaban J connectivity index is 0.00000302. The van der Waals surface area contributed by atoms with Crippen LogP contribution in [0.25, 0.3) is 0 Å². The smallest absolute Gasteiger partial charge is 0.333 e. The Hall–Kier alpha value is -1.89. The Morgan fingerprint density at radius 2 is 1.75 bits per heavy atom. The van der Waals surface area contributed by atoms with E-state index in [1.54, 1.807) is 27.0 Å². The van der Waals surface area contributed by atoms with Crippen LogP contribution >= 0.6 is 0 Å². The first-order valence-electron chi connectivity index (χ1n) is 12.1. The molecule has 1 fully saturated rings. The van der Waals surface area contributed by atoms with E-state index in [0.717, 1.165) is 32.4 Å². The fraction of sp³-hybridized carbons (Fsp3) is 0.800. The van der Waals surface area contributed by atoms with Crippen LogP contribution in [-0.2, 0) is 19.1 Å². The molecular weight excluding hydrogens is 406 g/mol. The van der Waals surface area contributed by atoms with Gasteiger partial charge in [0.2, 0.25) is 11.8 Å². The summed E-state index contributed by atoms with van der Waals surface area (Å²) in [6.45, 7) is 17.9. The van der Waals surface area contributed by atoms with E-state index in [2.05, 4.69) is 31.0 Å². The number of carbonyl (C=O) groups is 3. The van der Waals surface area contributed by atoms with Crippen LogP contribution in [0.15, 0.2) is 11.6 Å². The summed E-state index contributed by atoms with van der Waals surface area (Å²) < 4.78 is 4.97. The van der Waals surface area contributed by atoms with Crippen molar-refractivity contribution in [3.8, 4) is 0 Å². The summed E-state index contributed by atoms with van der Waals surface area (Å²) in [7, 11) is 1.68. The first-order valence-corrected chi connectivity index (χ1v) is 12.1. The van der Waals surface area contributed by atoms with Crippen molar-refractivity contribution in [1.82, 2.24) is 15.1 Å². The maximum Gasteiger partial charge on any atom is 0.333 e. The number of hydrogen-bond acceptors (Lipinski definition) is 5. The number of rotatable bonds is 8. The Morgan fingerprint density at radius 3 is 2.25 bits per heavy atom. The van der Waals surface area contributed by atoms with Crippen molar-refractivity contribution in [2.45, 2.75) is 93.2 Å². The number of piperidine rings is 1. The van der Waals surface area contributed by atoms with Crippen LogP contribution < -0.4 is 5.32 Å². The average molecular weight is 454 g/mol. The van der Waals surface area contributed by atoms with Gasteiger partial charge in [-0.1, -0.05) is 60.5 Å². The molecule has 1 heterocycles. The number of likely N-dealkylation sites (N-methyl/N-ethyl adjacent to an activating group) is 2. The standard InChI is InChI=1S/C22H39N3O4.C3H8/c1-8-25-14-11-10-12-17(25)19(26)23-18(22(4,5)6)20(27)24(7)15-13-16(3)21(28)29-9-2;1-3-2/h13,17-18H,8-12,14-15H2,1-7H3,(H,23,26);3H2,1-2H3/b16-13+;. The van der Waals surface area contributed by atoms with E-state index in [0.29, 0.717) is 12.2 Å². The molecule has 0 radical (unpaired) electrons. The van der Waals surface area contributed by atoms with Crippen LogP contribution in [0.1, 0.15) is 81.1 Å². The molecule has 2 unspecified atom stereocenters. The Labute approximate surface area is 195 Å². The van der Waals surface area contributed by atoms with Gasteiger partial charge < -0.3 is 15.0 Å². The van der Waals surface area contributed by atoms with E-state index in [4.69, 9.17) is 4.74 Å². The van der Waals surface area contributed by atoms with Crippen LogP contribution in [0, 0.1) is 5.41 Å². The Morgan fingerprint density at radius 1 is 1.16 bits per heavy atom. The molecule has 1 rings (SSSR count). The maximum atomic E-state index is 13.1. The zero-order valence-corrected chi connectivity index (χ0v) is 21.9. The summed E-state index contributed by atoms with van der Waals surface area (Å²) in [4.78, 5) is 41.6. The minimum atomic E-state index is -0.642. The number of carbonyl (C=O) groups excluding carboxylic acids is 3. The van der Waals surface area contributed by atoms with Crippen molar-refractivity contribution >= 4 is 17.8 Å². The van der Waals surface area contributed by atoms with E-state index in [1.165, 1.54) is 11.3 Å². The number of nitrogens with one attached hydrogen (secondary N) is 1. The number of likely N-dealkylation sites (tertiary alicyclic amines) is 1. The highest BCUT2D eigenvalue weighted by atomic mass is 16.5. The summed E-state index contributed by atoms with van der Waals surface area (Å²) in [6.07, 6.45) is 5.88. The summed E-state index contributed by atoms with van der Waals surface area (Å²) in [5.74, 6) is -0.630. The Kier molecular flexibility index (Phi) is 14.1. The van der Waals surface area contributed by atoms with E-state index < -0.39 is 11.5 Å². The quantitative estimate of drug-likeness (QED) is 0.447. The zero-order chi connectivity index (χ0) is 24.9. The Bertz CT molecular complexity index is 625. The minimum absolute atomic E-state index is 0.0773. The van der Waals surface area contributed by atoms with E-state index >= 15 is 0 Å². The molecule has 1 aliphatic rings. The molecule has 0 aromatic rings. The largest absolute Gasteiger partial charge is 0.463 e. The summed E-state index contributed by atoms with van der Waals surface area (Å²) in [5, 5.41) is 3.02. The third-order valence-corrected chi connectivity index (χ3v) is 5.37. The topological polar surface area (TPSA) is 79.0 Å². The van der Waals surface area contributed by atoms with Gasteiger partial charge in [-0.2, -0.15) is 0 Å². The van der Waals surface area contributed by atoms with Gasteiger partial charge in [0.05, 0.1) is 12.6 Å². The van der Waals surface area contributed by atoms with E-state index in [1.807, 2.05) is 20.8 Å². The third-order valence-electron chi connectivity index (χ3n) is 5.37. The molecule has 7 heteroatoms. The fourth-order valence-corrected chi connectivity index (χ4v) is 3.47. The number of amides is 2. The molecule has 32 heavy (non-hydrogen) atoms. The summed E-state index contributed by atoms with van der Waals surface area (Å²) in [6, 6.07) is -0.820. The van der Waals surface area contributed by atoms with E-state index in [9.17, 15) is 14.4 Å². The van der Waals surface area contributed by atoms with Gasteiger partial charge in [-0.05, 0) is 45.2 Å². The highest BCUT2D eigenvalue weighted by Crippen LogP contribution is 2.23. The summed E-state index contributed by atoms with van der Waals surface area (Å²) in [5.41, 5.74) is 0.0238. The van der Waals surface area contributed by atoms with Gasteiger partial charge in [0.25, 0.3) is 0 Å². The van der Waals surface area contributed by atoms with Gasteiger partial charge in [-0.3, -0.25) is 14.5 Å². The lowest BCUT2D eigenvalue weighted by Crippen LogP contribution is -2.58. The number of nitrogens with zero attached hydrogens (tertiary/aromatic N) is 2. The van der Waals surface area contributed by atoms with Crippen LogP contribution in [0.3, 0.4) is 0 Å². The maximum absolute atomic E-state index is 13.1. The van der Waals surface area contributed by atoms with Gasteiger partial charge in [0, 0.05) is 19.2 Å². The molecule has 1 aliphatic heterocycles. The van der Waals surface area contributed by atoms with Crippen LogP contribution in [0.2, 0.25) is 0 Å². The van der Waals surface area contributed by atoms with Gasteiger partial charge in [0.1, 0.15) is 6.04 Å². The first-order chi connectivity index (χ1) is 14.9. The van der Waals surface area contributed by atoms with E-state index in [-0.39, 0.29) is 30.4 Å². The zero-order valence-electron chi connectivity index (χ0n) is 21.9. The van der Waals surface area contributed by atoms with Crippen LogP contribution in [0.4, 0.5) is 0 Å². The summed E-state index contributed by atoms with van der Waals surface area (Å²) >= 11 is 0. The van der Waals surface area contributed by atoms with Gasteiger partial charge in [0.15, 0.2) is 0 Å². The van der Waals surface area contributed by atoms with Gasteiger partial charge >= 0.3 is 5.97 Å². The molecule has 0 aliphatic carbocycles. The monoisotopic (exact) mass is 453 g/mol. The highest BCUT2D eigenvalue weighted by molar-refractivity contribution is 5.91. The van der Waals surface area contributed by atoms with Crippen molar-refractivity contribution in [3.63, 3.8) is 0 Å². The SMILES string of the molecule is CCC.CCOC(=O)/C(C)=C/CN(C)C(=O)C(NC(=O)C1CCCCN1CC)C(C)(C)C. The molecule has 0 aromatic heterocycles. The molecule has 0 spiro atoms. The number of ether oxygens (including phenoxy) is 1. The van der Waals surface area contributed by atoms with Crippen molar-refractivity contribution < 1.29 is 19.1 Å². The van der Waals surface area contributed by atoms with Crippen LogP contribution in [-0.4, -0.2) is 73.0 Å². The molecule has 186 valence electrons. The predicted molar refractivity (Wildman–Crippen MR) is 130 cm³/mol. The molecule has 2 atom stereocenters. The lowest BCUT2D eigenvalue weighted by atomic mass is 9.85. The minimum Gasteiger partial charge on any atom is -0.463 e. The molecule has 0 bridgehead atoms. The van der Waals surface area contributed by atoms with Crippen molar-refractivity contribution in [1.29, 1.82) is 0 Å². The molecule has 0 saturated carbocycles. The second-order valence-electron chi connectivity index (χ2n) is 9.48. The predicted octanol–water partition coefficient (Wildman–Crippen LogP) is 3.78. The highest BCUT2D eigenvalue weighted by Gasteiger charge is 2.37. The average Bonchev–Trinajstić information content (AvgIpc) is 2.74. The normalized spacial score (nSPS) is 18.2. The number of hydrogen-bond donors (Lipinski definition) is 1. The molecule has 1 N–H and O–H groups in total. The molecule has 1 saturated heterocycles. The lowest BCUT2D eigenvalue weighted by Gasteiger charge is -2.38.